The number of hydrogen-bond acceptors (Lipinski definition) is 3. The Kier molecular flexibility index (Phi) is 3.56. The number of nitrogens with one attached hydrogen (secondary N) is 1. The zero-order chi connectivity index (χ0) is 14.8. The lowest BCUT2D eigenvalue weighted by atomic mass is 10.1. The first kappa shape index (κ1) is 13.5. The normalized spacial score (nSPS) is 18.0. The van der Waals surface area contributed by atoms with E-state index in [0.717, 1.165) is 23.0 Å². The van der Waals surface area contributed by atoms with Gasteiger partial charge in [0.05, 0.1) is 11.2 Å². The Hall–Kier alpha value is -2.43. The van der Waals surface area contributed by atoms with E-state index in [-0.39, 0.29) is 17.9 Å². The molecule has 2 aromatic rings. The summed E-state index contributed by atoms with van der Waals surface area (Å²) in [7, 11) is 0. The fourth-order valence-electron chi connectivity index (χ4n) is 2.84. The van der Waals surface area contributed by atoms with Crippen molar-refractivity contribution in [1.82, 2.24) is 9.88 Å². The number of benzene rings is 1. The van der Waals surface area contributed by atoms with Gasteiger partial charge >= 0.3 is 0 Å². The summed E-state index contributed by atoms with van der Waals surface area (Å²) in [4.78, 5) is 29.9. The lowest BCUT2D eigenvalue weighted by molar-refractivity contribution is -0.134. The van der Waals surface area contributed by atoms with Crippen LogP contribution in [0.5, 0.6) is 0 Å². The van der Waals surface area contributed by atoms with Gasteiger partial charge in [-0.05, 0) is 37.1 Å². The van der Waals surface area contributed by atoms with Crippen LogP contribution in [-0.4, -0.2) is 34.3 Å². The molecule has 2 amide bonds. The Morgan fingerprint density at radius 1 is 1.29 bits per heavy atom. The van der Waals surface area contributed by atoms with Crippen molar-refractivity contribution in [2.75, 3.05) is 11.9 Å². The summed E-state index contributed by atoms with van der Waals surface area (Å²) in [5, 5.41) is 3.84. The van der Waals surface area contributed by atoms with E-state index >= 15 is 0 Å². The Bertz CT molecular complexity index is 693. The molecule has 0 spiro atoms. The minimum absolute atomic E-state index is 0.0489. The van der Waals surface area contributed by atoms with Gasteiger partial charge in [0.1, 0.15) is 6.04 Å². The molecule has 1 aromatic carbocycles. The third-order valence-corrected chi connectivity index (χ3v) is 3.86. The number of amides is 2. The monoisotopic (exact) mass is 283 g/mol. The topological polar surface area (TPSA) is 62.3 Å². The summed E-state index contributed by atoms with van der Waals surface area (Å²) in [6.45, 7) is 2.16. The van der Waals surface area contributed by atoms with Gasteiger partial charge in [0.2, 0.25) is 11.8 Å². The number of carbonyl (C=O) groups excluding carboxylic acids is 2. The van der Waals surface area contributed by atoms with Gasteiger partial charge in [0.25, 0.3) is 0 Å². The standard InChI is InChI=1S/C16H17N3O2/c1-11(20)19-10-4-8-15(19)16(21)18-14-7-2-6-13-12(14)5-3-9-17-13/h2-3,5-7,9,15H,4,8,10H2,1H3,(H,18,21). The van der Waals surface area contributed by atoms with Crippen LogP contribution >= 0.6 is 0 Å². The van der Waals surface area contributed by atoms with Crippen LogP contribution in [-0.2, 0) is 9.59 Å². The van der Waals surface area contributed by atoms with Crippen molar-refractivity contribution in [2.24, 2.45) is 0 Å². The van der Waals surface area contributed by atoms with E-state index in [2.05, 4.69) is 10.3 Å². The molecule has 108 valence electrons. The molecule has 1 N–H and O–H groups in total. The smallest absolute Gasteiger partial charge is 0.247 e. The second-order valence-corrected chi connectivity index (χ2v) is 5.24. The second-order valence-electron chi connectivity index (χ2n) is 5.24. The van der Waals surface area contributed by atoms with Gasteiger partial charge in [-0.1, -0.05) is 6.07 Å². The lowest BCUT2D eigenvalue weighted by Gasteiger charge is -2.22. The molecule has 3 rings (SSSR count). The van der Waals surface area contributed by atoms with Crippen LogP contribution in [0.2, 0.25) is 0 Å². The summed E-state index contributed by atoms with van der Waals surface area (Å²) >= 11 is 0. The van der Waals surface area contributed by atoms with E-state index in [0.29, 0.717) is 13.0 Å². The maximum Gasteiger partial charge on any atom is 0.247 e. The van der Waals surface area contributed by atoms with Gasteiger partial charge in [0.15, 0.2) is 0 Å². The highest BCUT2D eigenvalue weighted by atomic mass is 16.2. The molecule has 0 radical (unpaired) electrons. The number of pyridine rings is 1. The molecule has 1 saturated heterocycles. The van der Waals surface area contributed by atoms with Crippen molar-refractivity contribution in [3.8, 4) is 0 Å². The SMILES string of the molecule is CC(=O)N1CCCC1C(=O)Nc1cccc2ncccc12. The lowest BCUT2D eigenvalue weighted by Crippen LogP contribution is -2.42. The zero-order valence-electron chi connectivity index (χ0n) is 11.9. The molecule has 1 atom stereocenters. The minimum atomic E-state index is -0.366. The minimum Gasteiger partial charge on any atom is -0.331 e. The maximum absolute atomic E-state index is 12.4. The number of anilines is 1. The summed E-state index contributed by atoms with van der Waals surface area (Å²) in [5.74, 6) is -0.175. The first-order valence-electron chi connectivity index (χ1n) is 7.08. The number of hydrogen-bond donors (Lipinski definition) is 1. The Balaban J connectivity index is 1.85. The van der Waals surface area contributed by atoms with E-state index in [4.69, 9.17) is 0 Å². The molecule has 1 aliphatic heterocycles. The molecular weight excluding hydrogens is 266 g/mol. The second kappa shape index (κ2) is 5.52. The number of carbonyl (C=O) groups is 2. The fraction of sp³-hybridized carbons (Fsp3) is 0.312. The van der Waals surface area contributed by atoms with Gasteiger partial charge in [-0.3, -0.25) is 14.6 Å². The summed E-state index contributed by atoms with van der Waals surface area (Å²) < 4.78 is 0. The molecule has 5 nitrogen and oxygen atoms in total. The van der Waals surface area contributed by atoms with Gasteiger partial charge in [0, 0.05) is 25.1 Å². The predicted molar refractivity (Wildman–Crippen MR) is 80.8 cm³/mol. The molecule has 1 aromatic heterocycles. The number of nitrogens with zero attached hydrogens (tertiary/aromatic N) is 2. The molecule has 1 unspecified atom stereocenters. The summed E-state index contributed by atoms with van der Waals surface area (Å²) in [6.07, 6.45) is 3.31. The van der Waals surface area contributed by atoms with Crippen molar-refractivity contribution in [3.05, 3.63) is 36.5 Å². The average Bonchev–Trinajstić information content (AvgIpc) is 2.97. The van der Waals surface area contributed by atoms with Crippen LogP contribution in [0.1, 0.15) is 19.8 Å². The number of rotatable bonds is 2. The Morgan fingerprint density at radius 2 is 2.14 bits per heavy atom. The molecule has 0 aliphatic carbocycles. The zero-order valence-corrected chi connectivity index (χ0v) is 11.9. The fourth-order valence-corrected chi connectivity index (χ4v) is 2.84. The van der Waals surface area contributed by atoms with Crippen molar-refractivity contribution in [1.29, 1.82) is 0 Å². The van der Waals surface area contributed by atoms with Crippen molar-refractivity contribution in [2.45, 2.75) is 25.8 Å². The maximum atomic E-state index is 12.4. The van der Waals surface area contributed by atoms with Gasteiger partial charge in [-0.2, -0.15) is 0 Å². The predicted octanol–water partition coefficient (Wildman–Crippen LogP) is 2.18. The highest BCUT2D eigenvalue weighted by molar-refractivity contribution is 6.03. The number of fused-ring (bicyclic) bond motifs is 1. The molecular formula is C16H17N3O2. The number of aromatic nitrogens is 1. The number of likely N-dealkylation sites (tertiary alicyclic amines) is 1. The third kappa shape index (κ3) is 2.59. The van der Waals surface area contributed by atoms with E-state index in [1.54, 1.807) is 11.1 Å². The highest BCUT2D eigenvalue weighted by Gasteiger charge is 2.32. The van der Waals surface area contributed by atoms with Crippen LogP contribution in [0.4, 0.5) is 5.69 Å². The van der Waals surface area contributed by atoms with Crippen LogP contribution < -0.4 is 5.32 Å². The van der Waals surface area contributed by atoms with E-state index in [1.807, 2.05) is 30.3 Å². The quantitative estimate of drug-likeness (QED) is 0.919. The van der Waals surface area contributed by atoms with E-state index in [9.17, 15) is 9.59 Å². The Labute approximate surface area is 123 Å². The van der Waals surface area contributed by atoms with Gasteiger partial charge < -0.3 is 10.2 Å². The van der Waals surface area contributed by atoms with Crippen LogP contribution in [0, 0.1) is 0 Å². The van der Waals surface area contributed by atoms with Gasteiger partial charge in [-0.25, -0.2) is 0 Å². The molecule has 0 saturated carbocycles. The van der Waals surface area contributed by atoms with Crippen molar-refractivity contribution < 1.29 is 9.59 Å². The van der Waals surface area contributed by atoms with Crippen LogP contribution in [0.25, 0.3) is 10.9 Å². The van der Waals surface area contributed by atoms with Crippen molar-refractivity contribution >= 4 is 28.4 Å². The molecule has 21 heavy (non-hydrogen) atoms. The highest BCUT2D eigenvalue weighted by Crippen LogP contribution is 2.24. The van der Waals surface area contributed by atoms with Crippen LogP contribution in [0.15, 0.2) is 36.5 Å². The first-order valence-corrected chi connectivity index (χ1v) is 7.08. The van der Waals surface area contributed by atoms with Crippen molar-refractivity contribution in [3.63, 3.8) is 0 Å². The molecule has 2 heterocycles. The Morgan fingerprint density at radius 3 is 2.95 bits per heavy atom. The molecule has 1 aliphatic rings. The summed E-state index contributed by atoms with van der Waals surface area (Å²) in [5.41, 5.74) is 1.58. The van der Waals surface area contributed by atoms with E-state index < -0.39 is 0 Å². The molecule has 0 bridgehead atoms. The largest absolute Gasteiger partial charge is 0.331 e. The summed E-state index contributed by atoms with van der Waals surface area (Å²) in [6, 6.07) is 9.03. The molecule has 5 heteroatoms. The first-order chi connectivity index (χ1) is 10.2. The molecule has 1 fully saturated rings. The third-order valence-electron chi connectivity index (χ3n) is 3.86. The average molecular weight is 283 g/mol. The van der Waals surface area contributed by atoms with E-state index in [1.165, 1.54) is 6.92 Å². The van der Waals surface area contributed by atoms with Gasteiger partial charge in [-0.15, -0.1) is 0 Å². The van der Waals surface area contributed by atoms with Crippen LogP contribution in [0.3, 0.4) is 0 Å².